The first kappa shape index (κ1) is 75.1. The number of amides is 1. The van der Waals surface area contributed by atoms with Gasteiger partial charge < -0.3 is 47.7 Å². The number of rotatable bonds is 33. The van der Waals surface area contributed by atoms with Crippen molar-refractivity contribution in [3.05, 3.63) is 156 Å². The third-order valence-electron chi connectivity index (χ3n) is 21.1. The number of carbonyl (C=O) groups excluding carboxylic acids is 6. The molecule has 2 aromatic rings. The summed E-state index contributed by atoms with van der Waals surface area (Å²) in [6, 6.07) is 20.0. The molecule has 5 aliphatic rings. The molecule has 0 radical (unpaired) electrons. The van der Waals surface area contributed by atoms with Crippen LogP contribution >= 0.6 is 0 Å². The average molecular weight is 1330 g/mol. The van der Waals surface area contributed by atoms with Crippen LogP contribution in [0.15, 0.2) is 145 Å². The number of hydrogen-bond donors (Lipinski definition) is 2. The molecule has 12 atom stereocenters. The Kier molecular flexibility index (Phi) is 25.7. The van der Waals surface area contributed by atoms with Gasteiger partial charge in [0.05, 0.1) is 41.1 Å². The van der Waals surface area contributed by atoms with Gasteiger partial charge in [0.1, 0.15) is 29.0 Å². The molecule has 2 N–H and O–H groups in total. The molecule has 18 heteroatoms. The molecule has 2 aromatic carbocycles. The monoisotopic (exact) mass is 1330 g/mol. The van der Waals surface area contributed by atoms with E-state index in [2.05, 4.69) is 93.8 Å². The largest absolute Gasteiger partial charge is 0.455 e. The Balaban J connectivity index is 1.34. The molecule has 0 spiro atoms. The Morgan fingerprint density at radius 3 is 1.73 bits per heavy atom. The summed E-state index contributed by atoms with van der Waals surface area (Å²) in [6.45, 7) is 25.8. The predicted octanol–water partition coefficient (Wildman–Crippen LogP) is 15.9. The van der Waals surface area contributed by atoms with Crippen molar-refractivity contribution in [3.63, 3.8) is 0 Å². The lowest BCUT2D eigenvalue weighted by molar-refractivity contribution is -0.395. The van der Waals surface area contributed by atoms with E-state index in [1.165, 1.54) is 6.92 Å². The normalized spacial score (nSPS) is 28.2. The van der Waals surface area contributed by atoms with E-state index >= 15 is 14.4 Å². The zero-order chi connectivity index (χ0) is 68.8. The molecule has 7 rings (SSSR count). The number of fused-ring (bicyclic) bond motifs is 3. The number of alkyl carbamates (subject to hydrolysis) is 1. The van der Waals surface area contributed by atoms with Crippen molar-refractivity contribution in [3.8, 4) is 0 Å². The number of carbonyl (C=O) groups is 6. The van der Waals surface area contributed by atoms with Crippen molar-refractivity contribution < 1.29 is 71.1 Å². The maximum Gasteiger partial charge on any atom is 0.408 e. The lowest BCUT2D eigenvalue weighted by atomic mass is 9.28. The van der Waals surface area contributed by atoms with Crippen LogP contribution in [-0.2, 0) is 56.5 Å². The van der Waals surface area contributed by atoms with Gasteiger partial charge in [-0.1, -0.05) is 177 Å². The molecule has 0 bridgehead atoms. The van der Waals surface area contributed by atoms with Crippen LogP contribution in [0.1, 0.15) is 183 Å². The molecule has 16 nitrogen and oxygen atoms in total. The fraction of sp³-hybridized carbons (Fsp3) is 0.579. The molecule has 3 unspecified atom stereocenters. The number of aliphatic hydroxyl groups is 1. The van der Waals surface area contributed by atoms with E-state index in [0.29, 0.717) is 48.2 Å². The Morgan fingerprint density at radius 1 is 0.723 bits per heavy atom. The Labute approximate surface area is 561 Å². The van der Waals surface area contributed by atoms with Crippen LogP contribution in [0.2, 0.25) is 36.3 Å². The zero-order valence-corrected chi connectivity index (χ0v) is 60.4. The first-order valence-electron chi connectivity index (χ1n) is 34.6. The van der Waals surface area contributed by atoms with Crippen molar-refractivity contribution in [1.29, 1.82) is 0 Å². The second-order valence-corrected chi connectivity index (χ2v) is 36.9. The van der Waals surface area contributed by atoms with Crippen LogP contribution in [-0.4, -0.2) is 111 Å². The van der Waals surface area contributed by atoms with Crippen LogP contribution in [0, 0.1) is 22.7 Å². The Hall–Kier alpha value is -6.29. The highest BCUT2D eigenvalue weighted by atomic mass is 28.4. The van der Waals surface area contributed by atoms with Crippen molar-refractivity contribution in [2.24, 2.45) is 22.7 Å². The number of allylic oxidation sites excluding steroid dienone is 13. The minimum Gasteiger partial charge on any atom is -0.455 e. The van der Waals surface area contributed by atoms with Gasteiger partial charge in [0.25, 0.3) is 0 Å². The van der Waals surface area contributed by atoms with Crippen LogP contribution in [0.25, 0.3) is 0 Å². The van der Waals surface area contributed by atoms with Crippen LogP contribution in [0.3, 0.4) is 0 Å². The van der Waals surface area contributed by atoms with Gasteiger partial charge >= 0.3 is 30.0 Å². The fourth-order valence-electron chi connectivity index (χ4n) is 15.4. The summed E-state index contributed by atoms with van der Waals surface area (Å²) in [5.74, 6) is -6.52. The number of hydrogen-bond acceptors (Lipinski definition) is 15. The number of ketones is 1. The van der Waals surface area contributed by atoms with Crippen molar-refractivity contribution in [1.82, 2.24) is 5.32 Å². The lowest BCUT2D eigenvalue weighted by Gasteiger charge is -2.80. The number of nitrogens with one attached hydrogen (secondary N) is 1. The van der Waals surface area contributed by atoms with Gasteiger partial charge in [-0.05, 0) is 139 Å². The van der Waals surface area contributed by atoms with Gasteiger partial charge in [-0.25, -0.2) is 14.4 Å². The van der Waals surface area contributed by atoms with E-state index < -0.39 is 128 Å². The van der Waals surface area contributed by atoms with Gasteiger partial charge in [0.2, 0.25) is 5.78 Å². The summed E-state index contributed by atoms with van der Waals surface area (Å²) in [6.07, 6.45) is 24.4. The lowest BCUT2D eigenvalue weighted by Crippen LogP contribution is -2.91. The standard InChI is InChI=1S/C76H107NO15Si2/c1-15-22-23-24-25-26-27-28-29-30-31-32-33-34-35-36-37-38-45-50-60(79)86-63-61-54(8)76(89-69(82)64(92-94(19-5,20-6)21-7)62(56-46-41-39-42-47-56)77-70(83)90-71(10,11)12)52-75(84,73(61,76)14)67(87-68(81)57-48-43-40-44-49-57)65-72(13,66(63)80)58(91-93(16-2,17-3)18-4)51-59-74(65,53-85-59)88-55(9)78/h22-23,25-26,28-29,31-32,34-35,37-44,46-49,54,58-59,62,64-65,67,84H,15-21,24,27,30,33,36,45,50-53H2,1-14H3,(H,77,83)/t54?,58-,59+,62?,64+,65-,67-,72+,73+,74-,75+,76?/m0/s1. The molecule has 1 heterocycles. The van der Waals surface area contributed by atoms with Gasteiger partial charge in [-0.2, -0.15) is 0 Å². The Bertz CT molecular complexity index is 3160. The number of Topliss-reactive ketones (excluding diaryl/α,β-unsaturated/α-hetero) is 1. The van der Waals surface area contributed by atoms with Crippen LogP contribution < -0.4 is 5.32 Å². The zero-order valence-electron chi connectivity index (χ0n) is 58.4. The minimum atomic E-state index is -2.81. The molecule has 4 aliphatic carbocycles. The van der Waals surface area contributed by atoms with E-state index in [4.69, 9.17) is 37.3 Å². The molecule has 1 amide bonds. The number of benzene rings is 2. The van der Waals surface area contributed by atoms with Crippen molar-refractivity contribution in [2.45, 2.75) is 250 Å². The smallest absolute Gasteiger partial charge is 0.408 e. The maximum absolute atomic E-state index is 17.0. The third-order valence-corrected chi connectivity index (χ3v) is 30.4. The fourth-order valence-corrected chi connectivity index (χ4v) is 21.1. The Morgan fingerprint density at radius 2 is 1.24 bits per heavy atom. The van der Waals surface area contributed by atoms with E-state index in [1.807, 2.05) is 39.0 Å². The highest BCUT2D eigenvalue weighted by Gasteiger charge is 2.91. The predicted molar refractivity (Wildman–Crippen MR) is 370 cm³/mol. The van der Waals surface area contributed by atoms with Crippen molar-refractivity contribution >= 4 is 52.4 Å². The molecular weight excluding hydrogens is 1220 g/mol. The summed E-state index contributed by atoms with van der Waals surface area (Å²) in [4.78, 5) is 90.8. The van der Waals surface area contributed by atoms with Gasteiger partial charge in [-0.15, -0.1) is 0 Å². The molecule has 4 fully saturated rings. The van der Waals surface area contributed by atoms with Crippen molar-refractivity contribution in [2.75, 3.05) is 6.61 Å². The number of esters is 4. The average Bonchev–Trinajstić information content (AvgIpc) is 0.621. The van der Waals surface area contributed by atoms with Crippen LogP contribution in [0.5, 0.6) is 0 Å². The minimum absolute atomic E-state index is 0.0750. The second-order valence-electron chi connectivity index (χ2n) is 27.5. The molecular formula is C76H107NO15Si2. The molecule has 0 aromatic heterocycles. The molecule has 514 valence electrons. The van der Waals surface area contributed by atoms with Gasteiger partial charge in [0.15, 0.2) is 34.1 Å². The summed E-state index contributed by atoms with van der Waals surface area (Å²) in [5, 5.41) is 17.5. The van der Waals surface area contributed by atoms with Crippen LogP contribution in [0.4, 0.5) is 4.79 Å². The highest BCUT2D eigenvalue weighted by molar-refractivity contribution is 6.74. The number of ether oxygens (including phenoxy) is 6. The van der Waals surface area contributed by atoms with E-state index in [9.17, 15) is 19.5 Å². The van der Waals surface area contributed by atoms with E-state index in [-0.39, 0.29) is 49.2 Å². The third kappa shape index (κ3) is 15.4. The quantitative estimate of drug-likeness (QED) is 0.0295. The summed E-state index contributed by atoms with van der Waals surface area (Å²) in [5.41, 5.74) is -9.53. The molecule has 94 heavy (non-hydrogen) atoms. The second kappa shape index (κ2) is 32.2. The highest BCUT2D eigenvalue weighted by Crippen LogP contribution is 2.80. The molecule has 1 aliphatic heterocycles. The maximum atomic E-state index is 17.0. The van der Waals surface area contributed by atoms with Gasteiger partial charge in [0, 0.05) is 32.1 Å². The summed E-state index contributed by atoms with van der Waals surface area (Å²) in [7, 11) is -5.52. The molecule has 1 saturated heterocycles. The molecule has 3 saturated carbocycles. The van der Waals surface area contributed by atoms with E-state index in [0.717, 1.165) is 32.1 Å². The first-order chi connectivity index (χ1) is 44.8. The summed E-state index contributed by atoms with van der Waals surface area (Å²) < 4.78 is 54.0. The summed E-state index contributed by atoms with van der Waals surface area (Å²) >= 11 is 0. The topological polar surface area (TPSA) is 209 Å². The SMILES string of the molecule is CCC=CCC=CCC=CCC=CCC=CCC=CCCC(=O)OC1=C2C(C)C3(OC(=O)[C@H](O[Si](CC)(CC)CC)C(NC(=O)OC(C)(C)C)c4ccccc4)C[C@@](O)([C@@H](OC(=O)c4ccccc4)[C@@H]4[C@]5(OC(C)=O)CO[C@@H]5C[C@H](O[Si](CC)(CC)CC)[C@@]4(C)C1=O)[C@@]23C. The first-order valence-corrected chi connectivity index (χ1v) is 39.6. The van der Waals surface area contributed by atoms with Gasteiger partial charge in [-0.3, -0.25) is 14.4 Å². The van der Waals surface area contributed by atoms with E-state index in [1.54, 1.807) is 96.1 Å².